The van der Waals surface area contributed by atoms with Crippen LogP contribution in [0.15, 0.2) is 41.6 Å². The fourth-order valence-electron chi connectivity index (χ4n) is 2.45. The number of H-pyrrole nitrogens is 1. The van der Waals surface area contributed by atoms with Gasteiger partial charge in [0.05, 0.1) is 18.3 Å². The highest BCUT2D eigenvalue weighted by Gasteiger charge is 2.26. The molecule has 140 valence electrons. The molecule has 10 heteroatoms. The second kappa shape index (κ2) is 7.06. The molecule has 3 aromatic rings. The maximum atomic E-state index is 12.4. The second-order valence-electron chi connectivity index (χ2n) is 5.75. The highest BCUT2D eigenvalue weighted by Crippen LogP contribution is 2.22. The third-order valence-electron chi connectivity index (χ3n) is 3.75. The number of aromatic nitrogens is 4. The molecule has 0 aliphatic heterocycles. The number of aryl methyl sites for hydroxylation is 1. The van der Waals surface area contributed by atoms with E-state index >= 15 is 0 Å². The van der Waals surface area contributed by atoms with Gasteiger partial charge in [0.15, 0.2) is 5.65 Å². The maximum Gasteiger partial charge on any atom is 0.390 e. The van der Waals surface area contributed by atoms with Crippen molar-refractivity contribution in [2.24, 2.45) is 5.73 Å². The number of nitrogens with two attached hydrogens (primary N) is 1. The number of aromatic amines is 1. The molecule has 0 aliphatic carbocycles. The summed E-state index contributed by atoms with van der Waals surface area (Å²) < 4.78 is 38.3. The van der Waals surface area contributed by atoms with Crippen molar-refractivity contribution in [3.8, 4) is 11.3 Å². The number of nitrogens with zero attached hydrogens (tertiary/aromatic N) is 3. The average molecular weight is 377 g/mol. The largest absolute Gasteiger partial charge is 0.390 e. The number of carbonyl (C=O) groups excluding carboxylic acids is 1. The van der Waals surface area contributed by atoms with E-state index in [1.165, 1.54) is 36.7 Å². The number of hydrogen-bond donors (Lipinski definition) is 2. The first-order valence-corrected chi connectivity index (χ1v) is 7.82. The fourth-order valence-corrected chi connectivity index (χ4v) is 2.45. The van der Waals surface area contributed by atoms with E-state index in [0.717, 1.165) is 4.57 Å². The summed E-state index contributed by atoms with van der Waals surface area (Å²) in [5, 5.41) is 0. The quantitative estimate of drug-likeness (QED) is 0.665. The molecule has 0 radical (unpaired) electrons. The van der Waals surface area contributed by atoms with Gasteiger partial charge in [-0.25, -0.2) is 9.97 Å². The minimum Gasteiger partial charge on any atom is -0.366 e. The Morgan fingerprint density at radius 1 is 1.33 bits per heavy atom. The molecule has 0 saturated carbocycles. The van der Waals surface area contributed by atoms with Gasteiger partial charge in [0.1, 0.15) is 5.52 Å². The van der Waals surface area contributed by atoms with Crippen LogP contribution in [0, 0.1) is 0 Å². The lowest BCUT2D eigenvalue weighted by atomic mass is 10.2. The number of hydrogen-bond acceptors (Lipinski definition) is 4. The molecule has 0 spiro atoms. The summed E-state index contributed by atoms with van der Waals surface area (Å²) in [6.07, 6.45) is 1.53. The normalized spacial score (nSPS) is 12.1. The van der Waals surface area contributed by atoms with Gasteiger partial charge in [0, 0.05) is 42.2 Å². The first kappa shape index (κ1) is 18.4. The number of pyridine rings is 1. The van der Waals surface area contributed by atoms with Crippen LogP contribution in [0.5, 0.6) is 0 Å². The van der Waals surface area contributed by atoms with Gasteiger partial charge in [-0.05, 0) is 12.1 Å². The molecular formula is C17H14F3N5O2. The summed E-state index contributed by atoms with van der Waals surface area (Å²) in [5.41, 5.74) is 6.85. The van der Waals surface area contributed by atoms with E-state index in [2.05, 4.69) is 15.0 Å². The van der Waals surface area contributed by atoms with E-state index in [-0.39, 0.29) is 0 Å². The van der Waals surface area contributed by atoms with Gasteiger partial charge in [0.2, 0.25) is 5.91 Å². The van der Waals surface area contributed by atoms with E-state index in [1.807, 2.05) is 0 Å². The summed E-state index contributed by atoms with van der Waals surface area (Å²) in [5.74, 6) is -0.620. The molecule has 3 heterocycles. The monoisotopic (exact) mass is 377 g/mol. The van der Waals surface area contributed by atoms with Gasteiger partial charge >= 0.3 is 6.18 Å². The van der Waals surface area contributed by atoms with Crippen LogP contribution in [0.2, 0.25) is 0 Å². The first-order valence-electron chi connectivity index (χ1n) is 7.82. The fraction of sp³-hybridized carbons (Fsp3) is 0.176. The highest BCUT2D eigenvalue weighted by molar-refractivity contribution is 5.93. The molecule has 1 amide bonds. The van der Waals surface area contributed by atoms with E-state index in [1.54, 1.807) is 6.20 Å². The third kappa shape index (κ3) is 4.40. The summed E-state index contributed by atoms with van der Waals surface area (Å²) in [6, 6.07) is 2.65. The van der Waals surface area contributed by atoms with Crippen LogP contribution in [-0.4, -0.2) is 31.6 Å². The minimum absolute atomic E-state index is 0.372. The maximum absolute atomic E-state index is 12.4. The molecule has 0 unspecified atom stereocenters. The molecule has 3 aromatic heterocycles. The van der Waals surface area contributed by atoms with Crippen molar-refractivity contribution in [2.45, 2.75) is 19.1 Å². The van der Waals surface area contributed by atoms with Gasteiger partial charge in [-0.15, -0.1) is 0 Å². The molecule has 3 rings (SSSR count). The van der Waals surface area contributed by atoms with E-state index in [4.69, 9.17) is 5.73 Å². The molecule has 0 aliphatic rings. The van der Waals surface area contributed by atoms with Crippen molar-refractivity contribution in [2.75, 3.05) is 0 Å². The number of carbonyl (C=O) groups is 1. The lowest BCUT2D eigenvalue weighted by Gasteiger charge is -2.10. The third-order valence-corrected chi connectivity index (χ3v) is 3.75. The van der Waals surface area contributed by atoms with Crippen LogP contribution in [0.3, 0.4) is 0 Å². The lowest BCUT2D eigenvalue weighted by Crippen LogP contribution is -2.22. The molecular weight excluding hydrogens is 363 g/mol. The van der Waals surface area contributed by atoms with Crippen LogP contribution in [0.4, 0.5) is 13.2 Å². The summed E-state index contributed by atoms with van der Waals surface area (Å²) >= 11 is 0. The molecule has 0 fully saturated rings. The van der Waals surface area contributed by atoms with E-state index in [9.17, 15) is 22.8 Å². The summed E-state index contributed by atoms with van der Waals surface area (Å²) in [7, 11) is 0. The van der Waals surface area contributed by atoms with Crippen molar-refractivity contribution >= 4 is 23.1 Å². The van der Waals surface area contributed by atoms with Crippen LogP contribution in [0.1, 0.15) is 12.0 Å². The Morgan fingerprint density at radius 2 is 2.11 bits per heavy atom. The van der Waals surface area contributed by atoms with Crippen LogP contribution in [0.25, 0.3) is 28.5 Å². The Labute approximate surface area is 150 Å². The molecule has 27 heavy (non-hydrogen) atoms. The second-order valence-corrected chi connectivity index (χ2v) is 5.75. The van der Waals surface area contributed by atoms with Crippen LogP contribution in [-0.2, 0) is 11.3 Å². The van der Waals surface area contributed by atoms with Crippen molar-refractivity contribution in [3.05, 3.63) is 52.7 Å². The number of rotatable bonds is 5. The van der Waals surface area contributed by atoms with Crippen molar-refractivity contribution in [3.63, 3.8) is 0 Å². The Bertz CT molecular complexity index is 1080. The Hall–Kier alpha value is -3.43. The molecule has 0 saturated heterocycles. The highest BCUT2D eigenvalue weighted by atomic mass is 19.4. The van der Waals surface area contributed by atoms with Crippen LogP contribution >= 0.6 is 0 Å². The zero-order valence-corrected chi connectivity index (χ0v) is 13.8. The zero-order chi connectivity index (χ0) is 19.6. The number of fused-ring (bicyclic) bond motifs is 1. The van der Waals surface area contributed by atoms with Gasteiger partial charge in [0.25, 0.3) is 5.56 Å². The Kier molecular flexibility index (Phi) is 4.80. The predicted molar refractivity (Wildman–Crippen MR) is 92.5 cm³/mol. The van der Waals surface area contributed by atoms with Gasteiger partial charge in [-0.3, -0.25) is 9.59 Å². The molecule has 0 bridgehead atoms. The standard InChI is InChI=1S/C17H14F3N5O2/c18-17(19,20)5-6-25-9-11(2-4-14(25)27)12-8-23-16-15(24-12)10(7-22-16)1-3-13(21)26/h1-4,7-9H,5-6H2,(H2,21,26)(H,22,23)/b3-1+. The number of primary amides is 1. The van der Waals surface area contributed by atoms with Gasteiger partial charge < -0.3 is 15.3 Å². The van der Waals surface area contributed by atoms with Crippen molar-refractivity contribution < 1.29 is 18.0 Å². The molecule has 7 nitrogen and oxygen atoms in total. The number of amides is 1. The van der Waals surface area contributed by atoms with E-state index in [0.29, 0.717) is 28.0 Å². The average Bonchev–Trinajstić information content (AvgIpc) is 3.00. The summed E-state index contributed by atoms with van der Waals surface area (Å²) in [4.78, 5) is 34.2. The van der Waals surface area contributed by atoms with E-state index < -0.39 is 30.6 Å². The Morgan fingerprint density at radius 3 is 2.81 bits per heavy atom. The van der Waals surface area contributed by atoms with Crippen molar-refractivity contribution in [1.29, 1.82) is 0 Å². The number of halogens is 3. The van der Waals surface area contributed by atoms with Gasteiger partial charge in [-0.2, -0.15) is 13.2 Å². The number of nitrogens with one attached hydrogen (secondary N) is 1. The lowest BCUT2D eigenvalue weighted by molar-refractivity contribution is -0.136. The minimum atomic E-state index is -4.36. The molecule has 3 N–H and O–H groups in total. The zero-order valence-electron chi connectivity index (χ0n) is 13.8. The predicted octanol–water partition coefficient (Wildman–Crippen LogP) is 2.24. The first-order chi connectivity index (χ1) is 12.7. The van der Waals surface area contributed by atoms with Gasteiger partial charge in [-0.1, -0.05) is 0 Å². The number of alkyl halides is 3. The molecule has 0 atom stereocenters. The molecule has 0 aromatic carbocycles. The Balaban J connectivity index is 1.98. The topological polar surface area (TPSA) is 107 Å². The SMILES string of the molecule is NC(=O)/C=C/c1c[nH]c2ncc(-c3ccc(=O)n(CCC(F)(F)F)c3)nc12. The smallest absolute Gasteiger partial charge is 0.366 e. The summed E-state index contributed by atoms with van der Waals surface area (Å²) in [6.45, 7) is -0.484. The van der Waals surface area contributed by atoms with Crippen molar-refractivity contribution in [1.82, 2.24) is 19.5 Å². The van der Waals surface area contributed by atoms with Crippen LogP contribution < -0.4 is 11.3 Å².